The highest BCUT2D eigenvalue weighted by molar-refractivity contribution is 6.40. The molecule has 0 fully saturated rings. The Hall–Kier alpha value is -2.62. The molecule has 2 atom stereocenters. The van der Waals surface area contributed by atoms with Crippen LogP contribution in [-0.4, -0.2) is 23.2 Å². The van der Waals surface area contributed by atoms with E-state index >= 15 is 0 Å². The summed E-state index contributed by atoms with van der Waals surface area (Å²) in [6, 6.07) is 20.6. The Kier molecular flexibility index (Phi) is 6.18. The summed E-state index contributed by atoms with van der Waals surface area (Å²) in [5, 5.41) is 10.1. The van der Waals surface area contributed by atoms with Crippen molar-refractivity contribution >= 4 is 11.6 Å². The van der Waals surface area contributed by atoms with Crippen LogP contribution < -0.4 is 5.32 Å². The highest BCUT2D eigenvalue weighted by Gasteiger charge is 2.39. The lowest BCUT2D eigenvalue weighted by atomic mass is 9.89. The molecule has 2 aromatic carbocycles. The summed E-state index contributed by atoms with van der Waals surface area (Å²) < 4.78 is 0. The maximum atomic E-state index is 13.2. The number of rotatable bonds is 7. The topological polar surface area (TPSA) is 44.7 Å². The molecule has 4 nitrogen and oxygen atoms in total. The Labute approximate surface area is 168 Å². The van der Waals surface area contributed by atoms with Gasteiger partial charge in [-0.3, -0.25) is 9.80 Å². The molecule has 0 bridgehead atoms. The number of hydrazone groups is 1. The van der Waals surface area contributed by atoms with Gasteiger partial charge in [-0.25, -0.2) is 0 Å². The van der Waals surface area contributed by atoms with Crippen molar-refractivity contribution in [3.05, 3.63) is 71.8 Å². The van der Waals surface area contributed by atoms with Gasteiger partial charge < -0.3 is 5.32 Å². The third-order valence-corrected chi connectivity index (χ3v) is 5.50. The van der Waals surface area contributed by atoms with Gasteiger partial charge in [0.15, 0.2) is 0 Å². The van der Waals surface area contributed by atoms with Crippen LogP contribution in [0.25, 0.3) is 0 Å². The van der Waals surface area contributed by atoms with Gasteiger partial charge in [-0.1, -0.05) is 80.9 Å². The number of nitrogens with one attached hydrogen (secondary N) is 1. The fourth-order valence-electron chi connectivity index (χ4n) is 3.85. The Balaban J connectivity index is 1.83. The minimum absolute atomic E-state index is 0.0332. The van der Waals surface area contributed by atoms with Crippen molar-refractivity contribution in [2.45, 2.75) is 52.1 Å². The van der Waals surface area contributed by atoms with Gasteiger partial charge in [0.05, 0.1) is 11.6 Å². The largest absolute Gasteiger partial charge is 0.342 e. The smallest absolute Gasteiger partial charge is 0.268 e. The highest BCUT2D eigenvalue weighted by Crippen LogP contribution is 2.36. The molecule has 0 unspecified atom stereocenters. The van der Waals surface area contributed by atoms with Gasteiger partial charge in [-0.05, 0) is 31.4 Å². The molecule has 1 heterocycles. The summed E-state index contributed by atoms with van der Waals surface area (Å²) in [6.07, 6.45) is 2.16. The molecule has 4 heteroatoms. The van der Waals surface area contributed by atoms with Gasteiger partial charge in [0, 0.05) is 12.5 Å². The molecule has 0 radical (unpaired) electrons. The zero-order valence-corrected chi connectivity index (χ0v) is 17.4. The van der Waals surface area contributed by atoms with E-state index in [1.807, 2.05) is 50.2 Å². The zero-order valence-electron chi connectivity index (χ0n) is 17.4. The molecule has 28 heavy (non-hydrogen) atoms. The first-order chi connectivity index (χ1) is 13.4. The lowest BCUT2D eigenvalue weighted by Gasteiger charge is -2.28. The monoisotopic (exact) mass is 377 g/mol. The van der Waals surface area contributed by atoms with E-state index in [1.165, 1.54) is 5.56 Å². The zero-order chi connectivity index (χ0) is 20.1. The molecule has 2 aromatic rings. The minimum Gasteiger partial charge on any atom is -0.342 e. The van der Waals surface area contributed by atoms with Crippen molar-refractivity contribution in [3.63, 3.8) is 0 Å². The molecule has 148 valence electrons. The van der Waals surface area contributed by atoms with E-state index in [4.69, 9.17) is 5.10 Å². The summed E-state index contributed by atoms with van der Waals surface area (Å²) in [5.74, 6) is -0.0490. The average Bonchev–Trinajstić information content (AvgIpc) is 3.03. The second-order valence-corrected chi connectivity index (χ2v) is 8.09. The molecule has 1 N–H and O–H groups in total. The number of carbonyl (C=O) groups excluding carboxylic acids is 1. The predicted molar refractivity (Wildman–Crippen MR) is 115 cm³/mol. The van der Waals surface area contributed by atoms with Crippen LogP contribution in [0.2, 0.25) is 0 Å². The van der Waals surface area contributed by atoms with Gasteiger partial charge in [0.2, 0.25) is 0 Å². The quantitative estimate of drug-likeness (QED) is 0.747. The molecule has 0 spiro atoms. The van der Waals surface area contributed by atoms with Crippen LogP contribution in [0.1, 0.15) is 57.7 Å². The molecule has 1 aliphatic heterocycles. The predicted octanol–water partition coefficient (Wildman–Crippen LogP) is 4.89. The fraction of sp³-hybridized carbons (Fsp3) is 0.417. The van der Waals surface area contributed by atoms with Gasteiger partial charge in [-0.2, -0.15) is 5.10 Å². The lowest BCUT2D eigenvalue weighted by Crippen LogP contribution is -2.45. The van der Waals surface area contributed by atoms with E-state index in [2.05, 4.69) is 48.4 Å². The van der Waals surface area contributed by atoms with Gasteiger partial charge in [0.25, 0.3) is 5.91 Å². The first-order valence-electron chi connectivity index (χ1n) is 10.2. The Morgan fingerprint density at radius 2 is 1.68 bits per heavy atom. The van der Waals surface area contributed by atoms with Crippen molar-refractivity contribution in [2.24, 2.45) is 11.0 Å². The van der Waals surface area contributed by atoms with Crippen molar-refractivity contribution in [1.82, 2.24) is 10.3 Å². The van der Waals surface area contributed by atoms with E-state index in [9.17, 15) is 4.79 Å². The number of hydrogen-bond acceptors (Lipinski definition) is 3. The summed E-state index contributed by atoms with van der Waals surface area (Å²) in [5.41, 5.74) is 2.45. The number of unbranched alkanes of at least 4 members (excludes halogenated alkanes) is 1. The van der Waals surface area contributed by atoms with E-state index in [1.54, 1.807) is 0 Å². The van der Waals surface area contributed by atoms with Crippen LogP contribution in [-0.2, 0) is 10.3 Å². The molecular formula is C24H31N3O. The highest BCUT2D eigenvalue weighted by atomic mass is 16.2. The van der Waals surface area contributed by atoms with Crippen molar-refractivity contribution in [3.8, 4) is 0 Å². The van der Waals surface area contributed by atoms with Crippen molar-refractivity contribution < 1.29 is 4.79 Å². The Morgan fingerprint density at radius 3 is 2.29 bits per heavy atom. The van der Waals surface area contributed by atoms with Crippen LogP contribution in [0.3, 0.4) is 0 Å². The standard InChI is InChI=1S/C24H31N3O/c1-5-6-17-27-22(19-13-9-7-10-14-19)18(2)21(26-27)23(28)25-24(3,4)20-15-11-8-12-16-20/h7-16,18,22H,5-6,17H2,1-4H3,(H,25,28)/t18-,22-/m1/s1. The summed E-state index contributed by atoms with van der Waals surface area (Å²) in [4.78, 5) is 13.2. The first-order valence-corrected chi connectivity index (χ1v) is 10.2. The molecule has 3 rings (SSSR count). The van der Waals surface area contributed by atoms with Crippen LogP contribution in [0.5, 0.6) is 0 Å². The van der Waals surface area contributed by atoms with Gasteiger partial charge >= 0.3 is 0 Å². The maximum Gasteiger partial charge on any atom is 0.268 e. The molecule has 0 saturated heterocycles. The second kappa shape index (κ2) is 8.59. The maximum absolute atomic E-state index is 13.2. The van der Waals surface area contributed by atoms with Gasteiger partial charge in [-0.15, -0.1) is 0 Å². The van der Waals surface area contributed by atoms with E-state index in [0.29, 0.717) is 5.71 Å². The number of hydrogen-bond donors (Lipinski definition) is 1. The van der Waals surface area contributed by atoms with E-state index in [0.717, 1.165) is 24.9 Å². The Bertz CT molecular complexity index is 814. The first kappa shape index (κ1) is 20.1. The molecule has 1 aliphatic rings. The van der Waals surface area contributed by atoms with Crippen molar-refractivity contribution in [1.29, 1.82) is 0 Å². The van der Waals surface area contributed by atoms with Crippen LogP contribution in [0.15, 0.2) is 65.8 Å². The fourth-order valence-corrected chi connectivity index (χ4v) is 3.85. The SMILES string of the molecule is CCCCN1N=C(C(=O)NC(C)(C)c2ccccc2)[C@@H](C)[C@@H]1c1ccccc1. The van der Waals surface area contributed by atoms with Gasteiger partial charge in [0.1, 0.15) is 5.71 Å². The summed E-state index contributed by atoms with van der Waals surface area (Å²) >= 11 is 0. The lowest BCUT2D eigenvalue weighted by molar-refractivity contribution is -0.116. The molecular weight excluding hydrogens is 346 g/mol. The number of amides is 1. The van der Waals surface area contributed by atoms with Crippen molar-refractivity contribution in [2.75, 3.05) is 6.54 Å². The van der Waals surface area contributed by atoms with E-state index in [-0.39, 0.29) is 17.9 Å². The van der Waals surface area contributed by atoms with Crippen LogP contribution in [0.4, 0.5) is 0 Å². The normalized spacial score (nSPS) is 19.4. The number of nitrogens with zero attached hydrogens (tertiary/aromatic N) is 2. The minimum atomic E-state index is -0.459. The molecule has 1 amide bonds. The third-order valence-electron chi connectivity index (χ3n) is 5.50. The summed E-state index contributed by atoms with van der Waals surface area (Å²) in [6.45, 7) is 9.21. The number of benzene rings is 2. The molecule has 0 aliphatic carbocycles. The second-order valence-electron chi connectivity index (χ2n) is 8.09. The van der Waals surface area contributed by atoms with Crippen LogP contribution in [0, 0.1) is 5.92 Å². The van der Waals surface area contributed by atoms with E-state index < -0.39 is 5.54 Å². The number of carbonyl (C=O) groups is 1. The summed E-state index contributed by atoms with van der Waals surface area (Å²) in [7, 11) is 0. The van der Waals surface area contributed by atoms with Crippen LogP contribution >= 0.6 is 0 Å². The average molecular weight is 378 g/mol. The third kappa shape index (κ3) is 4.27. The Morgan fingerprint density at radius 1 is 1.07 bits per heavy atom. The molecule has 0 saturated carbocycles. The molecule has 0 aromatic heterocycles.